The minimum Gasteiger partial charge on any atom is -0.310 e. The number of fused-ring (bicyclic) bond motifs is 9. The Labute approximate surface area is 310 Å². The first-order valence-electron chi connectivity index (χ1n) is 19.0. The third-order valence-corrected chi connectivity index (χ3v) is 12.1. The summed E-state index contributed by atoms with van der Waals surface area (Å²) in [5.74, 6) is 0. The molecule has 0 radical (unpaired) electrons. The first kappa shape index (κ1) is 30.3. The Morgan fingerprint density at radius 1 is 0.434 bits per heavy atom. The minimum absolute atomic E-state index is 0.0785. The summed E-state index contributed by atoms with van der Waals surface area (Å²) < 4.78 is 2.43. The smallest absolute Gasteiger partial charge is 0.0561 e. The van der Waals surface area contributed by atoms with Crippen LogP contribution in [0, 0.1) is 0 Å². The van der Waals surface area contributed by atoms with Gasteiger partial charge in [-0.15, -0.1) is 0 Å². The molecule has 2 aliphatic carbocycles. The number of nitrogens with zero attached hydrogens (tertiary/aromatic N) is 2. The average Bonchev–Trinajstić information content (AvgIpc) is 3.92. The Morgan fingerprint density at radius 3 is 1.98 bits per heavy atom. The second kappa shape index (κ2) is 11.8. The molecule has 2 nitrogen and oxygen atoms in total. The van der Waals surface area contributed by atoms with Crippen LogP contribution in [0.4, 0.5) is 17.1 Å². The van der Waals surface area contributed by atoms with Gasteiger partial charge in [0.1, 0.15) is 0 Å². The van der Waals surface area contributed by atoms with Gasteiger partial charge in [-0.1, -0.05) is 140 Å². The third-order valence-electron chi connectivity index (χ3n) is 12.1. The molecule has 11 rings (SSSR count). The molecule has 1 aromatic heterocycles. The van der Waals surface area contributed by atoms with Gasteiger partial charge in [-0.25, -0.2) is 0 Å². The van der Waals surface area contributed by atoms with Crippen molar-refractivity contribution in [3.05, 3.63) is 193 Å². The van der Waals surface area contributed by atoms with Crippen LogP contribution in [0.1, 0.15) is 36.8 Å². The van der Waals surface area contributed by atoms with Crippen molar-refractivity contribution in [2.75, 3.05) is 4.90 Å². The Bertz CT molecular complexity index is 2850. The van der Waals surface area contributed by atoms with Gasteiger partial charge in [-0.05, 0) is 106 Å². The van der Waals surface area contributed by atoms with Crippen molar-refractivity contribution in [1.29, 1.82) is 0 Å². The van der Waals surface area contributed by atoms with Crippen LogP contribution in [0.2, 0.25) is 0 Å². The van der Waals surface area contributed by atoms with Crippen molar-refractivity contribution in [2.45, 2.75) is 31.1 Å². The molecule has 2 aliphatic rings. The predicted octanol–water partition coefficient (Wildman–Crippen LogP) is 13.9. The van der Waals surface area contributed by atoms with Gasteiger partial charge in [0.2, 0.25) is 0 Å². The van der Waals surface area contributed by atoms with E-state index in [-0.39, 0.29) is 5.41 Å². The molecule has 0 unspecified atom stereocenters. The SMILES string of the molecule is c1ccc(-n2c3ccccc3c3ccc(N(c4ccc5c(c4)C4(CCCC4)c4ccccc4-5)c4ccccc4-c4ccc5ccccc5c4)cc32)cc1. The Hall–Kier alpha value is -6.38. The molecule has 0 atom stereocenters. The highest BCUT2D eigenvalue weighted by atomic mass is 15.1. The Morgan fingerprint density at radius 2 is 1.09 bits per heavy atom. The van der Waals surface area contributed by atoms with E-state index in [1.807, 2.05) is 0 Å². The highest BCUT2D eigenvalue weighted by Crippen LogP contribution is 2.58. The van der Waals surface area contributed by atoms with Crippen LogP contribution in [0.25, 0.3) is 60.5 Å². The Balaban J connectivity index is 1.18. The number of benzene rings is 8. The normalized spacial score (nSPS) is 14.3. The summed E-state index contributed by atoms with van der Waals surface area (Å²) >= 11 is 0. The molecular formula is C51H38N2. The van der Waals surface area contributed by atoms with Gasteiger partial charge >= 0.3 is 0 Å². The third kappa shape index (κ3) is 4.58. The average molecular weight is 679 g/mol. The fourth-order valence-corrected chi connectivity index (χ4v) is 9.75. The van der Waals surface area contributed by atoms with Gasteiger partial charge in [0, 0.05) is 38.8 Å². The summed E-state index contributed by atoms with van der Waals surface area (Å²) in [5, 5.41) is 5.02. The van der Waals surface area contributed by atoms with Crippen LogP contribution in [0.3, 0.4) is 0 Å². The molecule has 0 bridgehead atoms. The highest BCUT2D eigenvalue weighted by molar-refractivity contribution is 6.10. The molecular weight excluding hydrogens is 641 g/mol. The number of aromatic nitrogens is 1. The lowest BCUT2D eigenvalue weighted by atomic mass is 9.76. The lowest BCUT2D eigenvalue weighted by Gasteiger charge is -2.31. The van der Waals surface area contributed by atoms with Crippen LogP contribution < -0.4 is 4.90 Å². The van der Waals surface area contributed by atoms with Gasteiger partial charge in [-0.3, -0.25) is 0 Å². The molecule has 0 amide bonds. The summed E-state index contributed by atoms with van der Waals surface area (Å²) in [4.78, 5) is 2.52. The molecule has 2 heteroatoms. The van der Waals surface area contributed by atoms with Gasteiger partial charge in [-0.2, -0.15) is 0 Å². The fraction of sp³-hybridized carbons (Fsp3) is 0.0980. The molecule has 0 aliphatic heterocycles. The van der Waals surface area contributed by atoms with Crippen molar-refractivity contribution in [3.8, 4) is 27.9 Å². The van der Waals surface area contributed by atoms with E-state index in [2.05, 4.69) is 191 Å². The summed E-state index contributed by atoms with van der Waals surface area (Å²) in [6, 6.07) is 67.6. The van der Waals surface area contributed by atoms with E-state index in [0.717, 1.165) is 11.4 Å². The Kier molecular flexibility index (Phi) is 6.76. The number of anilines is 3. The van der Waals surface area contributed by atoms with Crippen LogP contribution in [-0.4, -0.2) is 4.57 Å². The van der Waals surface area contributed by atoms with Crippen molar-refractivity contribution in [3.63, 3.8) is 0 Å². The maximum atomic E-state index is 2.54. The molecule has 9 aromatic rings. The second-order valence-electron chi connectivity index (χ2n) is 14.9. The van der Waals surface area contributed by atoms with E-state index < -0.39 is 0 Å². The summed E-state index contributed by atoms with van der Waals surface area (Å²) in [6.07, 6.45) is 4.95. The van der Waals surface area contributed by atoms with Crippen LogP contribution in [0.15, 0.2) is 182 Å². The van der Waals surface area contributed by atoms with Crippen LogP contribution in [0.5, 0.6) is 0 Å². The van der Waals surface area contributed by atoms with Gasteiger partial charge in [0.05, 0.1) is 16.7 Å². The minimum atomic E-state index is 0.0785. The number of rotatable bonds is 5. The summed E-state index contributed by atoms with van der Waals surface area (Å²) in [5.41, 5.74) is 15.4. The molecule has 0 N–H and O–H groups in total. The second-order valence-corrected chi connectivity index (χ2v) is 14.9. The fourth-order valence-electron chi connectivity index (χ4n) is 9.75. The monoisotopic (exact) mass is 678 g/mol. The first-order chi connectivity index (χ1) is 26.3. The highest BCUT2D eigenvalue weighted by Gasteiger charge is 2.45. The molecule has 1 fully saturated rings. The van der Waals surface area contributed by atoms with E-state index >= 15 is 0 Å². The maximum absolute atomic E-state index is 2.54. The van der Waals surface area contributed by atoms with E-state index in [9.17, 15) is 0 Å². The lowest BCUT2D eigenvalue weighted by molar-refractivity contribution is 0.550. The standard InChI is InChI=1S/C51H38N2/c1-2-16-38(17-3-1)53-49-23-11-8-20-44(49)45-29-27-40(34-50(45)53)52(48-22-10-7-18-41(48)37-25-24-35-14-4-5-15-36(35)32-37)39-26-28-43-42-19-6-9-21-46(42)51(47(43)33-39)30-12-13-31-51/h1-11,14-29,32-34H,12-13,30-31H2. The van der Waals surface area contributed by atoms with E-state index in [0.29, 0.717) is 0 Å². The summed E-state index contributed by atoms with van der Waals surface area (Å²) in [6.45, 7) is 0. The summed E-state index contributed by atoms with van der Waals surface area (Å²) in [7, 11) is 0. The van der Waals surface area contributed by atoms with Crippen LogP contribution in [-0.2, 0) is 5.41 Å². The van der Waals surface area contributed by atoms with Crippen molar-refractivity contribution in [1.82, 2.24) is 4.57 Å². The largest absolute Gasteiger partial charge is 0.310 e. The van der Waals surface area contributed by atoms with Gasteiger partial charge in [0.25, 0.3) is 0 Å². The molecule has 1 spiro atoms. The molecule has 53 heavy (non-hydrogen) atoms. The van der Waals surface area contributed by atoms with Crippen molar-refractivity contribution in [2.24, 2.45) is 0 Å². The zero-order valence-corrected chi connectivity index (χ0v) is 29.5. The van der Waals surface area contributed by atoms with E-state index in [1.54, 1.807) is 0 Å². The van der Waals surface area contributed by atoms with Crippen LogP contribution >= 0.6 is 0 Å². The molecule has 1 heterocycles. The topological polar surface area (TPSA) is 8.17 Å². The van der Waals surface area contributed by atoms with Crippen molar-refractivity contribution >= 4 is 49.6 Å². The molecule has 252 valence electrons. The molecule has 8 aromatic carbocycles. The molecule has 1 saturated carbocycles. The number of para-hydroxylation sites is 3. The lowest BCUT2D eigenvalue weighted by Crippen LogP contribution is -2.21. The first-order valence-corrected chi connectivity index (χ1v) is 19.0. The van der Waals surface area contributed by atoms with E-state index in [1.165, 1.54) is 103 Å². The van der Waals surface area contributed by atoms with Gasteiger partial charge in [0.15, 0.2) is 0 Å². The quantitative estimate of drug-likeness (QED) is 0.176. The zero-order chi connectivity index (χ0) is 34.9. The predicted molar refractivity (Wildman–Crippen MR) is 223 cm³/mol. The van der Waals surface area contributed by atoms with Crippen molar-refractivity contribution < 1.29 is 0 Å². The van der Waals surface area contributed by atoms with Gasteiger partial charge < -0.3 is 9.47 Å². The molecule has 0 saturated heterocycles. The van der Waals surface area contributed by atoms with E-state index in [4.69, 9.17) is 0 Å². The number of hydrogen-bond donors (Lipinski definition) is 0. The maximum Gasteiger partial charge on any atom is 0.0561 e. The number of hydrogen-bond acceptors (Lipinski definition) is 1. The zero-order valence-electron chi connectivity index (χ0n) is 29.5.